The minimum atomic E-state index is -0.311. The van der Waals surface area contributed by atoms with E-state index in [2.05, 4.69) is 10.6 Å². The summed E-state index contributed by atoms with van der Waals surface area (Å²) in [7, 11) is 1.64. The highest BCUT2D eigenvalue weighted by Crippen LogP contribution is 2.37. The first-order valence-electron chi connectivity index (χ1n) is 8.03. The Balaban J connectivity index is 1.92. The van der Waals surface area contributed by atoms with E-state index in [9.17, 15) is 9.59 Å². The lowest BCUT2D eigenvalue weighted by Crippen LogP contribution is -2.69. The lowest BCUT2D eigenvalue weighted by atomic mass is 9.77. The van der Waals surface area contributed by atoms with E-state index in [1.165, 1.54) is 0 Å². The molecule has 23 heavy (non-hydrogen) atoms. The van der Waals surface area contributed by atoms with Gasteiger partial charge in [-0.25, -0.2) is 4.79 Å². The molecule has 124 valence electrons. The van der Waals surface area contributed by atoms with Crippen molar-refractivity contribution in [3.05, 3.63) is 29.8 Å². The minimum absolute atomic E-state index is 0.0257. The molecule has 1 aromatic carbocycles. The van der Waals surface area contributed by atoms with Crippen molar-refractivity contribution in [3.63, 3.8) is 0 Å². The zero-order valence-electron chi connectivity index (χ0n) is 13.7. The molecule has 6 heteroatoms. The largest absolute Gasteiger partial charge is 0.497 e. The highest BCUT2D eigenvalue weighted by Gasteiger charge is 2.48. The third-order valence-corrected chi connectivity index (χ3v) is 4.75. The highest BCUT2D eigenvalue weighted by molar-refractivity contribution is 5.99. The third kappa shape index (κ3) is 2.79. The molecule has 2 heterocycles. The summed E-state index contributed by atoms with van der Waals surface area (Å²) in [5.41, 5.74) is 1.11. The molecule has 2 aliphatic heterocycles. The number of hydrogen-bond acceptors (Lipinski definition) is 4. The van der Waals surface area contributed by atoms with Crippen LogP contribution < -0.4 is 15.4 Å². The van der Waals surface area contributed by atoms with Crippen LogP contribution in [0.2, 0.25) is 0 Å². The van der Waals surface area contributed by atoms with Gasteiger partial charge in [-0.3, -0.25) is 15.4 Å². The van der Waals surface area contributed by atoms with Crippen molar-refractivity contribution in [1.82, 2.24) is 15.5 Å². The van der Waals surface area contributed by atoms with Crippen LogP contribution in [0.3, 0.4) is 0 Å². The summed E-state index contributed by atoms with van der Waals surface area (Å²) in [4.78, 5) is 26.4. The van der Waals surface area contributed by atoms with Crippen molar-refractivity contribution >= 4 is 11.9 Å². The van der Waals surface area contributed by atoms with E-state index in [1.807, 2.05) is 38.1 Å². The average Bonchev–Trinajstić information content (AvgIpc) is 2.54. The summed E-state index contributed by atoms with van der Waals surface area (Å²) >= 11 is 0. The molecule has 0 aliphatic carbocycles. The summed E-state index contributed by atoms with van der Waals surface area (Å²) in [6.07, 6.45) is 0.609. The Kier molecular flexibility index (Phi) is 4.26. The Morgan fingerprint density at radius 1 is 1.22 bits per heavy atom. The molecule has 2 aliphatic rings. The Labute approximate surface area is 136 Å². The normalized spacial score (nSPS) is 27.7. The fraction of sp³-hybridized carbons (Fsp3) is 0.529. The number of carbonyl (C=O) groups is 2. The van der Waals surface area contributed by atoms with Gasteiger partial charge in [0.15, 0.2) is 0 Å². The number of nitrogens with one attached hydrogen (secondary N) is 2. The molecule has 2 saturated heterocycles. The number of urea groups is 1. The van der Waals surface area contributed by atoms with Gasteiger partial charge in [-0.15, -0.1) is 0 Å². The van der Waals surface area contributed by atoms with Gasteiger partial charge in [-0.05, 0) is 44.5 Å². The Morgan fingerprint density at radius 2 is 1.91 bits per heavy atom. The molecule has 0 bridgehead atoms. The molecule has 3 unspecified atom stereocenters. The van der Waals surface area contributed by atoms with Gasteiger partial charge in [-0.1, -0.05) is 12.1 Å². The van der Waals surface area contributed by atoms with Gasteiger partial charge < -0.3 is 9.64 Å². The van der Waals surface area contributed by atoms with Crippen LogP contribution in [-0.2, 0) is 4.79 Å². The second-order valence-electron chi connectivity index (χ2n) is 6.39. The summed E-state index contributed by atoms with van der Waals surface area (Å²) in [5.74, 6) is 0.412. The Bertz CT molecular complexity index is 600. The first kappa shape index (κ1) is 15.8. The van der Waals surface area contributed by atoms with Gasteiger partial charge >= 0.3 is 6.03 Å². The van der Waals surface area contributed by atoms with Crippen molar-refractivity contribution in [1.29, 1.82) is 0 Å². The molecule has 6 nitrogen and oxygen atoms in total. The van der Waals surface area contributed by atoms with Gasteiger partial charge in [0, 0.05) is 12.0 Å². The molecule has 2 N–H and O–H groups in total. The van der Waals surface area contributed by atoms with Crippen LogP contribution in [-0.4, -0.2) is 42.7 Å². The molecule has 2 fully saturated rings. The quantitative estimate of drug-likeness (QED) is 0.890. The molecule has 0 spiro atoms. The maximum Gasteiger partial charge on any atom is 0.325 e. The molecular formula is C17H23N3O3. The first-order chi connectivity index (χ1) is 11.0. The topological polar surface area (TPSA) is 70.7 Å². The molecular weight excluding hydrogens is 294 g/mol. The van der Waals surface area contributed by atoms with Gasteiger partial charge in [0.25, 0.3) is 0 Å². The maximum atomic E-state index is 12.5. The fourth-order valence-electron chi connectivity index (χ4n) is 3.67. The van der Waals surface area contributed by atoms with Crippen molar-refractivity contribution in [2.45, 2.75) is 38.4 Å². The predicted octanol–water partition coefficient (Wildman–Crippen LogP) is 1.67. The van der Waals surface area contributed by atoms with Crippen LogP contribution in [0, 0.1) is 5.92 Å². The van der Waals surface area contributed by atoms with Crippen LogP contribution in [0.15, 0.2) is 24.3 Å². The van der Waals surface area contributed by atoms with Gasteiger partial charge in [0.2, 0.25) is 5.91 Å². The predicted molar refractivity (Wildman–Crippen MR) is 86.1 cm³/mol. The Morgan fingerprint density at radius 3 is 2.52 bits per heavy atom. The number of carbonyl (C=O) groups excluding carboxylic acids is 2. The maximum absolute atomic E-state index is 12.5. The molecule has 3 amide bonds. The lowest BCUT2D eigenvalue weighted by molar-refractivity contribution is -0.131. The minimum Gasteiger partial charge on any atom is -0.497 e. The second kappa shape index (κ2) is 6.20. The summed E-state index contributed by atoms with van der Waals surface area (Å²) < 4.78 is 5.20. The second-order valence-corrected chi connectivity index (χ2v) is 6.39. The number of amides is 3. The first-order valence-corrected chi connectivity index (χ1v) is 8.03. The third-order valence-electron chi connectivity index (χ3n) is 4.75. The van der Waals surface area contributed by atoms with Crippen LogP contribution in [0.25, 0.3) is 0 Å². The zero-order valence-corrected chi connectivity index (χ0v) is 13.7. The van der Waals surface area contributed by atoms with E-state index >= 15 is 0 Å². The van der Waals surface area contributed by atoms with Gasteiger partial charge in [-0.2, -0.15) is 0 Å². The van der Waals surface area contributed by atoms with E-state index in [-0.39, 0.29) is 36.0 Å². The Hall–Kier alpha value is -2.08. The highest BCUT2D eigenvalue weighted by atomic mass is 16.5. The molecule has 1 aromatic rings. The molecule has 0 saturated carbocycles. The van der Waals surface area contributed by atoms with Gasteiger partial charge in [0.1, 0.15) is 5.75 Å². The zero-order chi connectivity index (χ0) is 16.6. The van der Waals surface area contributed by atoms with Crippen molar-refractivity contribution in [3.8, 4) is 5.75 Å². The number of benzene rings is 1. The number of imide groups is 1. The summed E-state index contributed by atoms with van der Waals surface area (Å²) in [6, 6.07) is 7.56. The molecule has 3 atom stereocenters. The average molecular weight is 317 g/mol. The van der Waals surface area contributed by atoms with E-state index in [4.69, 9.17) is 4.74 Å². The van der Waals surface area contributed by atoms with Crippen LogP contribution in [0.1, 0.15) is 31.7 Å². The van der Waals surface area contributed by atoms with Crippen molar-refractivity contribution in [2.75, 3.05) is 13.7 Å². The SMILES string of the molecule is COc1ccc(C2CCNC3C2C(=O)NC(=O)N3C(C)C)cc1. The number of nitrogens with zero attached hydrogens (tertiary/aromatic N) is 1. The molecule has 0 aromatic heterocycles. The van der Waals surface area contributed by atoms with Gasteiger partial charge in [0.05, 0.1) is 19.2 Å². The summed E-state index contributed by atoms with van der Waals surface area (Å²) in [5, 5.41) is 5.87. The van der Waals surface area contributed by atoms with Crippen molar-refractivity contribution < 1.29 is 14.3 Å². The molecule has 3 rings (SSSR count). The van der Waals surface area contributed by atoms with Crippen molar-refractivity contribution in [2.24, 2.45) is 5.92 Å². The monoisotopic (exact) mass is 317 g/mol. The van der Waals surface area contributed by atoms with E-state index in [1.54, 1.807) is 12.0 Å². The van der Waals surface area contributed by atoms with Crippen LogP contribution in [0.5, 0.6) is 5.75 Å². The van der Waals surface area contributed by atoms with E-state index in [0.29, 0.717) is 0 Å². The lowest BCUT2D eigenvalue weighted by Gasteiger charge is -2.48. The summed E-state index contributed by atoms with van der Waals surface area (Å²) in [6.45, 7) is 4.71. The standard InChI is InChI=1S/C17H23N3O3/c1-10(2)20-15-14(16(21)19-17(20)22)13(8-9-18-15)11-4-6-12(23-3)7-5-11/h4-7,10,13-15,18H,8-9H2,1-3H3,(H,19,21,22). The number of methoxy groups -OCH3 is 1. The van der Waals surface area contributed by atoms with Crippen LogP contribution in [0.4, 0.5) is 4.79 Å². The number of fused-ring (bicyclic) bond motifs is 1. The molecule has 0 radical (unpaired) electrons. The van der Waals surface area contributed by atoms with E-state index in [0.717, 1.165) is 24.3 Å². The number of ether oxygens (including phenoxy) is 1. The fourth-order valence-corrected chi connectivity index (χ4v) is 3.67. The number of rotatable bonds is 3. The van der Waals surface area contributed by atoms with Crippen LogP contribution >= 0.6 is 0 Å². The van der Waals surface area contributed by atoms with E-state index < -0.39 is 0 Å². The smallest absolute Gasteiger partial charge is 0.325 e. The number of piperidine rings is 1. The number of hydrogen-bond donors (Lipinski definition) is 2.